The summed E-state index contributed by atoms with van der Waals surface area (Å²) in [6, 6.07) is 14.6. The Morgan fingerprint density at radius 2 is 2.18 bits per heavy atom. The molecule has 0 saturated heterocycles. The van der Waals surface area contributed by atoms with Crippen LogP contribution in [0.15, 0.2) is 36.4 Å². The van der Waals surface area contributed by atoms with Gasteiger partial charge in [0.05, 0.1) is 0 Å². The van der Waals surface area contributed by atoms with E-state index in [-0.39, 0.29) is 5.75 Å². The van der Waals surface area contributed by atoms with E-state index >= 15 is 0 Å². The maximum absolute atomic E-state index is 9.83. The lowest BCUT2D eigenvalue weighted by molar-refractivity contribution is 0.477. The number of benzene rings is 2. The van der Waals surface area contributed by atoms with Gasteiger partial charge in [-0.05, 0) is 35.7 Å². The van der Waals surface area contributed by atoms with Gasteiger partial charge in [0, 0.05) is 24.8 Å². The Morgan fingerprint density at radius 1 is 1.29 bits per heavy atom. The highest BCUT2D eigenvalue weighted by molar-refractivity contribution is 5.75. The van der Waals surface area contributed by atoms with Crippen LogP contribution in [0.25, 0.3) is 11.1 Å². The third-order valence-corrected chi connectivity index (χ3v) is 3.37. The molecule has 1 radical (unpaired) electrons. The molecule has 0 atom stereocenters. The molecule has 0 fully saturated rings. The Morgan fingerprint density at radius 3 is 3.00 bits per heavy atom. The number of rotatable bonds is 1. The summed E-state index contributed by atoms with van der Waals surface area (Å²) in [5, 5.41) is 9.83. The molecule has 3 rings (SSSR count). The van der Waals surface area contributed by atoms with Crippen LogP contribution in [-0.4, -0.2) is 18.7 Å². The molecule has 2 aromatic rings. The van der Waals surface area contributed by atoms with Crippen molar-refractivity contribution in [1.82, 2.24) is 0 Å². The lowest BCUT2D eigenvalue weighted by atomic mass is 10.0. The van der Waals surface area contributed by atoms with E-state index in [9.17, 15) is 5.11 Å². The van der Waals surface area contributed by atoms with Gasteiger partial charge in [-0.2, -0.15) is 0 Å². The SMILES string of the molecule is CN1CCc2ccc(-c3cc[c]cc3O)cc21. The molecular weight excluding hydrogens is 210 g/mol. The van der Waals surface area contributed by atoms with Crippen molar-refractivity contribution in [3.8, 4) is 16.9 Å². The fourth-order valence-corrected chi connectivity index (χ4v) is 2.37. The van der Waals surface area contributed by atoms with Crippen molar-refractivity contribution in [2.45, 2.75) is 6.42 Å². The normalized spacial score (nSPS) is 13.8. The van der Waals surface area contributed by atoms with Gasteiger partial charge in [0.2, 0.25) is 0 Å². The maximum atomic E-state index is 9.83. The molecule has 0 spiro atoms. The summed E-state index contributed by atoms with van der Waals surface area (Å²) in [6.45, 7) is 1.08. The fraction of sp³-hybridized carbons (Fsp3) is 0.200. The highest BCUT2D eigenvalue weighted by atomic mass is 16.3. The molecule has 2 aromatic carbocycles. The first-order chi connectivity index (χ1) is 8.25. The van der Waals surface area contributed by atoms with E-state index < -0.39 is 0 Å². The molecule has 0 bridgehead atoms. The van der Waals surface area contributed by atoms with Crippen molar-refractivity contribution >= 4 is 5.69 Å². The number of likely N-dealkylation sites (N-methyl/N-ethyl adjacent to an activating group) is 1. The van der Waals surface area contributed by atoms with Gasteiger partial charge in [0.15, 0.2) is 0 Å². The Balaban J connectivity index is 2.11. The summed E-state index contributed by atoms with van der Waals surface area (Å²) in [4.78, 5) is 2.25. The lowest BCUT2D eigenvalue weighted by Gasteiger charge is -2.13. The molecule has 0 unspecified atom stereocenters. The second kappa shape index (κ2) is 3.81. The molecule has 1 heterocycles. The summed E-state index contributed by atoms with van der Waals surface area (Å²) in [5.41, 5.74) is 4.59. The van der Waals surface area contributed by atoms with Gasteiger partial charge < -0.3 is 10.0 Å². The van der Waals surface area contributed by atoms with Crippen molar-refractivity contribution in [3.63, 3.8) is 0 Å². The van der Waals surface area contributed by atoms with Crippen molar-refractivity contribution in [2.75, 3.05) is 18.5 Å². The first-order valence-electron chi connectivity index (χ1n) is 5.79. The topological polar surface area (TPSA) is 23.5 Å². The standard InChI is InChI=1S/C15H14NO/c1-16-9-8-11-6-7-12(10-14(11)16)13-4-2-3-5-15(13)17/h2,4-7,10,17H,8-9H2,1H3. The molecule has 0 amide bonds. The number of hydrogen-bond acceptors (Lipinski definition) is 2. The maximum Gasteiger partial charge on any atom is 0.124 e. The lowest BCUT2D eigenvalue weighted by Crippen LogP contribution is -2.12. The first kappa shape index (κ1) is 10.2. The first-order valence-corrected chi connectivity index (χ1v) is 5.79. The number of nitrogens with zero attached hydrogens (tertiary/aromatic N) is 1. The van der Waals surface area contributed by atoms with E-state index in [1.165, 1.54) is 11.3 Å². The molecule has 85 valence electrons. The van der Waals surface area contributed by atoms with E-state index in [2.05, 4.69) is 36.2 Å². The van der Waals surface area contributed by atoms with Gasteiger partial charge in [0.1, 0.15) is 5.75 Å². The molecule has 1 N–H and O–H groups in total. The van der Waals surface area contributed by atoms with Gasteiger partial charge in [-0.3, -0.25) is 0 Å². The average molecular weight is 224 g/mol. The number of phenolic OH excluding ortho intramolecular Hbond substituents is 1. The Kier molecular flexibility index (Phi) is 2.29. The van der Waals surface area contributed by atoms with Crippen LogP contribution in [0.2, 0.25) is 0 Å². The van der Waals surface area contributed by atoms with Crippen LogP contribution >= 0.6 is 0 Å². The quantitative estimate of drug-likeness (QED) is 0.805. The smallest absolute Gasteiger partial charge is 0.124 e. The summed E-state index contributed by atoms with van der Waals surface area (Å²) in [7, 11) is 2.11. The van der Waals surface area contributed by atoms with Crippen LogP contribution in [0.5, 0.6) is 5.75 Å². The summed E-state index contributed by atoms with van der Waals surface area (Å²) in [5.74, 6) is 0.285. The Labute approximate surface area is 101 Å². The summed E-state index contributed by atoms with van der Waals surface area (Å²) < 4.78 is 0. The third-order valence-electron chi connectivity index (χ3n) is 3.37. The predicted molar refractivity (Wildman–Crippen MR) is 69.4 cm³/mol. The molecule has 0 aliphatic carbocycles. The van der Waals surface area contributed by atoms with E-state index in [4.69, 9.17) is 0 Å². The van der Waals surface area contributed by atoms with Crippen LogP contribution in [0.4, 0.5) is 5.69 Å². The highest BCUT2D eigenvalue weighted by Crippen LogP contribution is 2.34. The number of fused-ring (bicyclic) bond motifs is 1. The van der Waals surface area contributed by atoms with Crippen molar-refractivity contribution in [2.24, 2.45) is 0 Å². The van der Waals surface area contributed by atoms with Crippen LogP contribution < -0.4 is 4.90 Å². The monoisotopic (exact) mass is 224 g/mol. The predicted octanol–water partition coefficient (Wildman–Crippen LogP) is 2.85. The van der Waals surface area contributed by atoms with E-state index in [0.29, 0.717) is 0 Å². The van der Waals surface area contributed by atoms with Crippen molar-refractivity contribution < 1.29 is 5.11 Å². The van der Waals surface area contributed by atoms with Gasteiger partial charge in [-0.1, -0.05) is 24.3 Å². The van der Waals surface area contributed by atoms with Gasteiger partial charge in [0.25, 0.3) is 0 Å². The number of anilines is 1. The van der Waals surface area contributed by atoms with Gasteiger partial charge in [-0.15, -0.1) is 0 Å². The van der Waals surface area contributed by atoms with E-state index in [0.717, 1.165) is 24.1 Å². The minimum atomic E-state index is 0.285. The Hall–Kier alpha value is -1.96. The molecule has 0 aromatic heterocycles. The van der Waals surface area contributed by atoms with Crippen LogP contribution in [-0.2, 0) is 6.42 Å². The van der Waals surface area contributed by atoms with Crippen LogP contribution in [0, 0.1) is 6.07 Å². The third kappa shape index (κ3) is 1.66. The number of aromatic hydroxyl groups is 1. The zero-order valence-electron chi connectivity index (χ0n) is 9.77. The largest absolute Gasteiger partial charge is 0.507 e. The second-order valence-electron chi connectivity index (χ2n) is 4.46. The fourth-order valence-electron chi connectivity index (χ4n) is 2.37. The van der Waals surface area contributed by atoms with E-state index in [1.807, 2.05) is 12.1 Å². The minimum absolute atomic E-state index is 0.285. The zero-order valence-corrected chi connectivity index (χ0v) is 9.77. The highest BCUT2D eigenvalue weighted by Gasteiger charge is 2.16. The van der Waals surface area contributed by atoms with Crippen molar-refractivity contribution in [3.05, 3.63) is 48.0 Å². The molecule has 1 aliphatic rings. The summed E-state index contributed by atoms with van der Waals surface area (Å²) >= 11 is 0. The average Bonchev–Trinajstić information content (AvgIpc) is 2.71. The number of phenols is 1. The molecule has 17 heavy (non-hydrogen) atoms. The molecule has 0 saturated carbocycles. The number of hydrogen-bond donors (Lipinski definition) is 1. The van der Waals surface area contributed by atoms with Crippen LogP contribution in [0.1, 0.15) is 5.56 Å². The second-order valence-corrected chi connectivity index (χ2v) is 4.46. The Bertz CT molecular complexity index is 563. The van der Waals surface area contributed by atoms with Crippen LogP contribution in [0.3, 0.4) is 0 Å². The van der Waals surface area contributed by atoms with Gasteiger partial charge in [-0.25, -0.2) is 0 Å². The minimum Gasteiger partial charge on any atom is -0.507 e. The molecular formula is C15H14NO. The molecule has 2 heteroatoms. The molecule has 2 nitrogen and oxygen atoms in total. The molecule has 1 aliphatic heterocycles. The van der Waals surface area contributed by atoms with Crippen molar-refractivity contribution in [1.29, 1.82) is 0 Å². The summed E-state index contributed by atoms with van der Waals surface area (Å²) in [6.07, 6.45) is 1.11. The zero-order chi connectivity index (χ0) is 11.8. The van der Waals surface area contributed by atoms with Gasteiger partial charge >= 0.3 is 0 Å². The van der Waals surface area contributed by atoms with E-state index in [1.54, 1.807) is 6.07 Å².